The summed E-state index contributed by atoms with van der Waals surface area (Å²) in [5.74, 6) is -1.61. The molecule has 0 saturated heterocycles. The summed E-state index contributed by atoms with van der Waals surface area (Å²) in [6.07, 6.45) is -0.346. The van der Waals surface area contributed by atoms with Crippen LogP contribution in [-0.2, 0) is 38.1 Å². The summed E-state index contributed by atoms with van der Waals surface area (Å²) in [5, 5.41) is 8.51. The van der Waals surface area contributed by atoms with Gasteiger partial charge < -0.3 is 28.8 Å². The summed E-state index contributed by atoms with van der Waals surface area (Å²) in [6.45, 7) is 6.81. The highest BCUT2D eigenvalue weighted by molar-refractivity contribution is 5.79. The molecule has 0 saturated carbocycles. The number of hydrogen-bond acceptors (Lipinski definition) is 9. The fourth-order valence-corrected chi connectivity index (χ4v) is 1.80. The summed E-state index contributed by atoms with van der Waals surface area (Å²) in [6, 6.07) is 0. The topological polar surface area (TPSA) is 144 Å². The molecule has 0 aromatic carbocycles. The van der Waals surface area contributed by atoms with Crippen LogP contribution in [0.5, 0.6) is 0 Å². The fourth-order valence-electron chi connectivity index (χ4n) is 1.80. The molecule has 28 heavy (non-hydrogen) atoms. The van der Waals surface area contributed by atoms with Gasteiger partial charge in [0.2, 0.25) is 6.23 Å². The van der Waals surface area contributed by atoms with Crippen LogP contribution in [0.2, 0.25) is 0 Å². The highest BCUT2D eigenvalue weighted by Gasteiger charge is 2.15. The second kappa shape index (κ2) is 15.3. The van der Waals surface area contributed by atoms with Gasteiger partial charge in [0, 0.05) is 13.0 Å². The highest BCUT2D eigenvalue weighted by atomic mass is 16.6. The number of carbonyl (C=O) groups is 3. The van der Waals surface area contributed by atoms with Crippen molar-refractivity contribution in [1.29, 1.82) is 0 Å². The molecule has 0 amide bonds. The van der Waals surface area contributed by atoms with Crippen LogP contribution in [0.4, 0.5) is 0 Å². The third-order valence-corrected chi connectivity index (χ3v) is 3.02. The second-order valence-corrected chi connectivity index (χ2v) is 6.89. The van der Waals surface area contributed by atoms with Crippen molar-refractivity contribution in [3.63, 3.8) is 0 Å². The smallest absolute Gasteiger partial charge is 0.347 e. The number of Topliss-reactive ketones (excluding diaryl/α,β-unsaturated/α-hetero) is 1. The average Bonchev–Trinajstić information content (AvgIpc) is 2.58. The molecule has 164 valence electrons. The van der Waals surface area contributed by atoms with Crippen molar-refractivity contribution < 1.29 is 43.2 Å². The van der Waals surface area contributed by atoms with E-state index in [-0.39, 0.29) is 57.8 Å². The van der Waals surface area contributed by atoms with E-state index < -0.39 is 17.8 Å². The second-order valence-electron chi connectivity index (χ2n) is 6.89. The lowest BCUT2D eigenvalue weighted by Gasteiger charge is -2.19. The van der Waals surface area contributed by atoms with E-state index in [1.54, 1.807) is 20.8 Å². The van der Waals surface area contributed by atoms with Crippen molar-refractivity contribution in [2.45, 2.75) is 51.9 Å². The molecular formula is C18H33NO9. The van der Waals surface area contributed by atoms with Gasteiger partial charge in [-0.2, -0.15) is 0 Å². The van der Waals surface area contributed by atoms with Crippen LogP contribution >= 0.6 is 0 Å². The first-order valence-corrected chi connectivity index (χ1v) is 9.18. The zero-order valence-electron chi connectivity index (χ0n) is 16.9. The molecule has 0 fully saturated rings. The van der Waals surface area contributed by atoms with Gasteiger partial charge in [-0.1, -0.05) is 0 Å². The van der Waals surface area contributed by atoms with E-state index in [1.807, 2.05) is 0 Å². The Hall–Kier alpha value is -1.59. The van der Waals surface area contributed by atoms with E-state index in [9.17, 15) is 14.4 Å². The van der Waals surface area contributed by atoms with E-state index in [4.69, 9.17) is 34.5 Å². The average molecular weight is 407 g/mol. The molecule has 0 aliphatic carbocycles. The van der Waals surface area contributed by atoms with Crippen LogP contribution < -0.4 is 5.73 Å². The van der Waals surface area contributed by atoms with Crippen LogP contribution in [0.3, 0.4) is 0 Å². The Bertz CT molecular complexity index is 462. The monoisotopic (exact) mass is 407 g/mol. The molecule has 3 N–H and O–H groups in total. The van der Waals surface area contributed by atoms with Gasteiger partial charge in [0.1, 0.15) is 12.2 Å². The standard InChI is InChI=1S/C18H33NO9/c1-18(2,3)28-15(21)6-8-25-9-10-26-13-14(20)5-4-7-24-11-12-27-16(19)17(22)23/h16H,4-13,19H2,1-3H3,(H,22,23). The number of carboxylic acid groups (broad SMARTS) is 1. The van der Waals surface area contributed by atoms with Gasteiger partial charge in [-0.25, -0.2) is 4.79 Å². The Morgan fingerprint density at radius 2 is 1.50 bits per heavy atom. The predicted molar refractivity (Wildman–Crippen MR) is 98.7 cm³/mol. The van der Waals surface area contributed by atoms with Gasteiger partial charge in [-0.15, -0.1) is 0 Å². The molecule has 0 aromatic rings. The quantitative estimate of drug-likeness (QED) is 0.199. The van der Waals surface area contributed by atoms with E-state index >= 15 is 0 Å². The number of rotatable bonds is 17. The van der Waals surface area contributed by atoms with Crippen LogP contribution in [0.25, 0.3) is 0 Å². The zero-order chi connectivity index (χ0) is 21.4. The SMILES string of the molecule is CC(C)(C)OC(=O)CCOCCOCC(=O)CCCOCCOC(N)C(=O)O. The maximum Gasteiger partial charge on any atom is 0.347 e. The maximum atomic E-state index is 11.6. The van der Waals surface area contributed by atoms with Crippen molar-refractivity contribution in [2.75, 3.05) is 46.2 Å². The number of ether oxygens (including phenoxy) is 5. The molecule has 0 radical (unpaired) electrons. The van der Waals surface area contributed by atoms with Gasteiger partial charge >= 0.3 is 11.9 Å². The van der Waals surface area contributed by atoms with E-state index in [1.165, 1.54) is 0 Å². The Balaban J connectivity index is 3.40. The molecule has 1 atom stereocenters. The molecule has 0 spiro atoms. The van der Waals surface area contributed by atoms with Crippen molar-refractivity contribution in [3.05, 3.63) is 0 Å². The third-order valence-electron chi connectivity index (χ3n) is 3.02. The summed E-state index contributed by atoms with van der Waals surface area (Å²) in [7, 11) is 0. The zero-order valence-corrected chi connectivity index (χ0v) is 16.9. The van der Waals surface area contributed by atoms with Crippen molar-refractivity contribution in [1.82, 2.24) is 0 Å². The minimum absolute atomic E-state index is 0.00793. The Labute approximate surface area is 165 Å². The van der Waals surface area contributed by atoms with Crippen LogP contribution in [0.15, 0.2) is 0 Å². The van der Waals surface area contributed by atoms with Gasteiger partial charge in [0.05, 0.1) is 39.5 Å². The first-order valence-electron chi connectivity index (χ1n) is 9.18. The lowest BCUT2D eigenvalue weighted by atomic mass is 10.2. The third kappa shape index (κ3) is 17.8. The molecule has 0 aromatic heterocycles. The summed E-state index contributed by atoms with van der Waals surface area (Å²) < 4.78 is 25.6. The molecule has 0 heterocycles. The lowest BCUT2D eigenvalue weighted by molar-refractivity contribution is -0.156. The number of ketones is 1. The van der Waals surface area contributed by atoms with Gasteiger partial charge in [0.15, 0.2) is 5.78 Å². The molecule has 10 nitrogen and oxygen atoms in total. The van der Waals surface area contributed by atoms with Crippen LogP contribution in [0.1, 0.15) is 40.0 Å². The fraction of sp³-hybridized carbons (Fsp3) is 0.833. The minimum Gasteiger partial charge on any atom is -0.478 e. The first-order chi connectivity index (χ1) is 13.1. The summed E-state index contributed by atoms with van der Waals surface area (Å²) >= 11 is 0. The molecule has 0 aliphatic rings. The summed E-state index contributed by atoms with van der Waals surface area (Å²) in [4.78, 5) is 33.5. The van der Waals surface area contributed by atoms with E-state index in [2.05, 4.69) is 0 Å². The molecule has 1 unspecified atom stereocenters. The minimum atomic E-state index is -1.36. The number of carboxylic acids is 1. The van der Waals surface area contributed by atoms with Gasteiger partial charge in [0.25, 0.3) is 0 Å². The molecule has 10 heteroatoms. The summed E-state index contributed by atoms with van der Waals surface area (Å²) in [5.41, 5.74) is 4.64. The van der Waals surface area contributed by atoms with E-state index in [0.29, 0.717) is 19.4 Å². The van der Waals surface area contributed by atoms with E-state index in [0.717, 1.165) is 0 Å². The Morgan fingerprint density at radius 3 is 2.14 bits per heavy atom. The number of esters is 1. The normalized spacial score (nSPS) is 12.6. The van der Waals surface area contributed by atoms with Crippen molar-refractivity contribution in [2.24, 2.45) is 5.73 Å². The Kier molecular flexibility index (Phi) is 14.5. The molecular weight excluding hydrogens is 374 g/mol. The molecule has 0 bridgehead atoms. The maximum absolute atomic E-state index is 11.6. The van der Waals surface area contributed by atoms with Crippen molar-refractivity contribution >= 4 is 17.7 Å². The highest BCUT2D eigenvalue weighted by Crippen LogP contribution is 2.08. The molecule has 0 aliphatic heterocycles. The van der Waals surface area contributed by atoms with Crippen LogP contribution in [-0.4, -0.2) is 80.9 Å². The number of aliphatic carboxylic acids is 1. The van der Waals surface area contributed by atoms with Crippen LogP contribution in [0, 0.1) is 0 Å². The first kappa shape index (κ1) is 26.4. The Morgan fingerprint density at radius 1 is 0.893 bits per heavy atom. The largest absolute Gasteiger partial charge is 0.478 e. The van der Waals surface area contributed by atoms with Crippen molar-refractivity contribution in [3.8, 4) is 0 Å². The van der Waals surface area contributed by atoms with Gasteiger partial charge in [-0.3, -0.25) is 15.3 Å². The number of nitrogens with two attached hydrogens (primary N) is 1. The lowest BCUT2D eigenvalue weighted by Crippen LogP contribution is -2.34. The van der Waals surface area contributed by atoms with Gasteiger partial charge in [-0.05, 0) is 27.2 Å². The number of carbonyl (C=O) groups excluding carboxylic acids is 2. The number of hydrogen-bond donors (Lipinski definition) is 2. The molecule has 0 rings (SSSR count). The predicted octanol–water partition coefficient (Wildman–Crippen LogP) is 0.503.